The highest BCUT2D eigenvalue weighted by molar-refractivity contribution is 7.09. The van der Waals surface area contributed by atoms with Crippen molar-refractivity contribution in [3.8, 4) is 5.75 Å². The third-order valence-corrected chi connectivity index (χ3v) is 3.39. The summed E-state index contributed by atoms with van der Waals surface area (Å²) in [5.41, 5.74) is 6.89. The summed E-state index contributed by atoms with van der Waals surface area (Å²) in [5, 5.41) is 2.90. The van der Waals surface area contributed by atoms with E-state index in [1.165, 1.54) is 0 Å². The van der Waals surface area contributed by atoms with Crippen molar-refractivity contribution in [2.45, 2.75) is 32.4 Å². The van der Waals surface area contributed by atoms with E-state index < -0.39 is 0 Å². The van der Waals surface area contributed by atoms with E-state index in [9.17, 15) is 0 Å². The highest BCUT2D eigenvalue weighted by Gasteiger charge is 2.03. The minimum Gasteiger partial charge on any atom is -0.485 e. The molecule has 1 unspecified atom stereocenters. The van der Waals surface area contributed by atoms with Crippen LogP contribution in [0.1, 0.15) is 24.0 Å². The Bertz CT molecular complexity index is 456. The maximum atomic E-state index is 5.89. The molecule has 0 radical (unpaired) electrons. The highest BCUT2D eigenvalue weighted by atomic mass is 32.1. The van der Waals surface area contributed by atoms with Gasteiger partial charge < -0.3 is 10.5 Å². The number of rotatable bonds is 6. The second kappa shape index (κ2) is 6.47. The van der Waals surface area contributed by atoms with Gasteiger partial charge in [-0.25, -0.2) is 4.98 Å². The molecule has 2 N–H and O–H groups in total. The van der Waals surface area contributed by atoms with Crippen LogP contribution in [0.15, 0.2) is 29.9 Å². The number of nitrogens with two attached hydrogens (primary N) is 1. The van der Waals surface area contributed by atoms with Crippen molar-refractivity contribution in [3.05, 3.63) is 40.6 Å². The van der Waals surface area contributed by atoms with Gasteiger partial charge in [-0.05, 0) is 18.6 Å². The Morgan fingerprint density at radius 1 is 1.39 bits per heavy atom. The molecule has 0 bridgehead atoms. The molecular weight excluding hydrogens is 246 g/mol. The Morgan fingerprint density at radius 3 is 2.89 bits per heavy atom. The van der Waals surface area contributed by atoms with E-state index in [0.717, 1.165) is 29.3 Å². The fourth-order valence-electron chi connectivity index (χ4n) is 1.50. The Balaban J connectivity index is 1.87. The molecule has 0 amide bonds. The zero-order valence-electron chi connectivity index (χ0n) is 10.4. The van der Waals surface area contributed by atoms with E-state index in [1.54, 1.807) is 23.7 Å². The van der Waals surface area contributed by atoms with Crippen LogP contribution in [-0.2, 0) is 13.0 Å². The van der Waals surface area contributed by atoms with Gasteiger partial charge in [0.2, 0.25) is 0 Å². The maximum absolute atomic E-state index is 5.89. The molecule has 1 atom stereocenters. The van der Waals surface area contributed by atoms with Crippen LogP contribution in [0, 0.1) is 0 Å². The number of aromatic nitrogens is 2. The summed E-state index contributed by atoms with van der Waals surface area (Å²) in [6, 6.07) is 4.07. The first kappa shape index (κ1) is 13.0. The minimum absolute atomic E-state index is 0.180. The molecule has 2 aromatic heterocycles. The number of nitrogens with zero attached hydrogens (tertiary/aromatic N) is 2. The van der Waals surface area contributed by atoms with Gasteiger partial charge in [0.25, 0.3) is 0 Å². The monoisotopic (exact) mass is 263 g/mol. The molecule has 4 nitrogen and oxygen atoms in total. The number of ether oxygens (including phenoxy) is 1. The third-order valence-electron chi connectivity index (χ3n) is 2.64. The van der Waals surface area contributed by atoms with E-state index in [0.29, 0.717) is 6.61 Å². The van der Waals surface area contributed by atoms with Crippen molar-refractivity contribution >= 4 is 11.3 Å². The van der Waals surface area contributed by atoms with E-state index >= 15 is 0 Å². The maximum Gasteiger partial charge on any atom is 0.140 e. The summed E-state index contributed by atoms with van der Waals surface area (Å²) in [4.78, 5) is 8.50. The SMILES string of the molecule is CCC(N)Cc1ccc(OCc2nccs2)cn1. The van der Waals surface area contributed by atoms with E-state index in [4.69, 9.17) is 10.5 Å². The van der Waals surface area contributed by atoms with E-state index in [-0.39, 0.29) is 6.04 Å². The number of hydrogen-bond donors (Lipinski definition) is 1. The van der Waals surface area contributed by atoms with Crippen molar-refractivity contribution in [1.29, 1.82) is 0 Å². The fraction of sp³-hybridized carbons (Fsp3) is 0.385. The average Bonchev–Trinajstić information content (AvgIpc) is 2.91. The second-order valence-electron chi connectivity index (χ2n) is 4.07. The zero-order valence-corrected chi connectivity index (χ0v) is 11.2. The molecule has 0 aliphatic rings. The molecule has 2 heterocycles. The van der Waals surface area contributed by atoms with E-state index in [2.05, 4.69) is 16.9 Å². The smallest absolute Gasteiger partial charge is 0.140 e. The minimum atomic E-state index is 0.180. The lowest BCUT2D eigenvalue weighted by Crippen LogP contribution is -2.21. The molecule has 0 aliphatic heterocycles. The summed E-state index contributed by atoms with van der Waals surface area (Å²) in [5.74, 6) is 0.763. The van der Waals surface area contributed by atoms with Gasteiger partial charge in [-0.2, -0.15) is 0 Å². The van der Waals surface area contributed by atoms with Crippen molar-refractivity contribution in [2.24, 2.45) is 5.73 Å². The molecule has 0 spiro atoms. The van der Waals surface area contributed by atoms with Crippen molar-refractivity contribution < 1.29 is 4.74 Å². The molecule has 0 aromatic carbocycles. The van der Waals surface area contributed by atoms with Crippen LogP contribution >= 0.6 is 11.3 Å². The lowest BCUT2D eigenvalue weighted by atomic mass is 10.1. The van der Waals surface area contributed by atoms with Crippen LogP contribution in [0.5, 0.6) is 5.75 Å². The largest absolute Gasteiger partial charge is 0.485 e. The van der Waals surface area contributed by atoms with Crippen LogP contribution < -0.4 is 10.5 Å². The van der Waals surface area contributed by atoms with Gasteiger partial charge in [0.15, 0.2) is 0 Å². The van der Waals surface area contributed by atoms with Gasteiger partial charge in [-0.15, -0.1) is 11.3 Å². The molecule has 2 aromatic rings. The zero-order chi connectivity index (χ0) is 12.8. The summed E-state index contributed by atoms with van der Waals surface area (Å²) < 4.78 is 5.59. The topological polar surface area (TPSA) is 61.0 Å². The Labute approximate surface area is 111 Å². The van der Waals surface area contributed by atoms with E-state index in [1.807, 2.05) is 17.5 Å². The molecule has 0 saturated carbocycles. The number of pyridine rings is 1. The van der Waals surface area contributed by atoms with Crippen LogP contribution in [0.4, 0.5) is 0 Å². The summed E-state index contributed by atoms with van der Waals surface area (Å²) >= 11 is 1.58. The molecule has 2 rings (SSSR count). The van der Waals surface area contributed by atoms with Gasteiger partial charge in [-0.1, -0.05) is 6.92 Å². The first-order valence-corrected chi connectivity index (χ1v) is 6.87. The lowest BCUT2D eigenvalue weighted by molar-refractivity contribution is 0.304. The molecule has 5 heteroatoms. The Kier molecular flexibility index (Phi) is 4.66. The normalized spacial score (nSPS) is 12.3. The van der Waals surface area contributed by atoms with Gasteiger partial charge in [0.1, 0.15) is 17.4 Å². The summed E-state index contributed by atoms with van der Waals surface area (Å²) in [7, 11) is 0. The summed E-state index contributed by atoms with van der Waals surface area (Å²) in [6.07, 6.45) is 5.29. The molecule has 0 saturated heterocycles. The predicted octanol–water partition coefficient (Wildman–Crippen LogP) is 2.40. The molecule has 0 aliphatic carbocycles. The van der Waals surface area contributed by atoms with Crippen LogP contribution in [0.25, 0.3) is 0 Å². The Morgan fingerprint density at radius 2 is 2.28 bits per heavy atom. The molecular formula is C13H17N3OS. The summed E-state index contributed by atoms with van der Waals surface area (Å²) in [6.45, 7) is 2.57. The predicted molar refractivity (Wildman–Crippen MR) is 72.7 cm³/mol. The van der Waals surface area contributed by atoms with Crippen LogP contribution in [0.3, 0.4) is 0 Å². The molecule has 18 heavy (non-hydrogen) atoms. The molecule has 0 fully saturated rings. The lowest BCUT2D eigenvalue weighted by Gasteiger charge is -2.08. The first-order chi connectivity index (χ1) is 8.78. The van der Waals surface area contributed by atoms with Crippen LogP contribution in [-0.4, -0.2) is 16.0 Å². The number of hydrogen-bond acceptors (Lipinski definition) is 5. The van der Waals surface area contributed by atoms with Crippen molar-refractivity contribution in [3.63, 3.8) is 0 Å². The van der Waals surface area contributed by atoms with Crippen molar-refractivity contribution in [2.75, 3.05) is 0 Å². The quantitative estimate of drug-likeness (QED) is 0.869. The molecule has 96 valence electrons. The standard InChI is InChI=1S/C13H17N3OS/c1-2-10(14)7-11-3-4-12(8-16-11)17-9-13-15-5-6-18-13/h3-6,8,10H,2,7,9,14H2,1H3. The number of thiazole rings is 1. The third kappa shape index (κ3) is 3.78. The van der Waals surface area contributed by atoms with Crippen LogP contribution in [0.2, 0.25) is 0 Å². The van der Waals surface area contributed by atoms with Gasteiger partial charge in [0, 0.05) is 29.7 Å². The Hall–Kier alpha value is -1.46. The second-order valence-corrected chi connectivity index (χ2v) is 5.05. The highest BCUT2D eigenvalue weighted by Crippen LogP contribution is 2.13. The average molecular weight is 263 g/mol. The fourth-order valence-corrected chi connectivity index (χ4v) is 2.03. The first-order valence-electron chi connectivity index (χ1n) is 5.99. The van der Waals surface area contributed by atoms with Crippen molar-refractivity contribution in [1.82, 2.24) is 9.97 Å². The van der Waals surface area contributed by atoms with Gasteiger partial charge in [0.05, 0.1) is 6.20 Å². The van der Waals surface area contributed by atoms with Gasteiger partial charge in [-0.3, -0.25) is 4.98 Å². The van der Waals surface area contributed by atoms with Gasteiger partial charge >= 0.3 is 0 Å².